The number of aryl methyl sites for hydroxylation is 1. The SMILES string of the molecule is Cc1cnc(N[C@H]2CC[C@H](Nc3ccc(-n4ccccc4=O)cn3)C2)nc1. The van der Waals surface area contributed by atoms with Gasteiger partial charge in [0.1, 0.15) is 5.82 Å². The van der Waals surface area contributed by atoms with E-state index in [-0.39, 0.29) is 5.56 Å². The molecule has 0 radical (unpaired) electrons. The predicted molar refractivity (Wildman–Crippen MR) is 105 cm³/mol. The van der Waals surface area contributed by atoms with Crippen LogP contribution in [0.5, 0.6) is 0 Å². The molecule has 0 bridgehead atoms. The molecular weight excluding hydrogens is 340 g/mol. The van der Waals surface area contributed by atoms with Crippen LogP contribution < -0.4 is 16.2 Å². The van der Waals surface area contributed by atoms with Crippen molar-refractivity contribution >= 4 is 11.8 Å². The third kappa shape index (κ3) is 4.13. The zero-order chi connectivity index (χ0) is 18.6. The van der Waals surface area contributed by atoms with Crippen molar-refractivity contribution in [3.05, 3.63) is 71.0 Å². The summed E-state index contributed by atoms with van der Waals surface area (Å²) in [5.74, 6) is 1.50. The van der Waals surface area contributed by atoms with E-state index in [9.17, 15) is 4.79 Å². The van der Waals surface area contributed by atoms with Crippen molar-refractivity contribution in [2.24, 2.45) is 0 Å². The fraction of sp³-hybridized carbons (Fsp3) is 0.300. The second kappa shape index (κ2) is 7.57. The highest BCUT2D eigenvalue weighted by molar-refractivity contribution is 5.42. The van der Waals surface area contributed by atoms with Gasteiger partial charge >= 0.3 is 0 Å². The summed E-state index contributed by atoms with van der Waals surface area (Å²) in [6, 6.07) is 9.62. The van der Waals surface area contributed by atoms with Gasteiger partial charge in [-0.3, -0.25) is 9.36 Å². The lowest BCUT2D eigenvalue weighted by Gasteiger charge is -2.15. The predicted octanol–water partition coefficient (Wildman–Crippen LogP) is 2.78. The Morgan fingerprint density at radius 2 is 1.74 bits per heavy atom. The van der Waals surface area contributed by atoms with E-state index in [1.54, 1.807) is 23.0 Å². The molecule has 1 saturated carbocycles. The molecule has 0 spiro atoms. The number of pyridine rings is 2. The van der Waals surface area contributed by atoms with Crippen LogP contribution in [-0.4, -0.2) is 31.6 Å². The van der Waals surface area contributed by atoms with Crippen LogP contribution in [0.2, 0.25) is 0 Å². The highest BCUT2D eigenvalue weighted by Crippen LogP contribution is 2.24. The zero-order valence-corrected chi connectivity index (χ0v) is 15.2. The molecule has 1 aliphatic carbocycles. The van der Waals surface area contributed by atoms with Crippen LogP contribution in [-0.2, 0) is 0 Å². The molecule has 1 fully saturated rings. The second-order valence-corrected chi connectivity index (χ2v) is 6.89. The van der Waals surface area contributed by atoms with Gasteiger partial charge in [-0.05, 0) is 49.9 Å². The standard InChI is InChI=1S/C20H22N6O/c1-14-11-22-20(23-12-14)25-16-6-5-15(10-16)24-18-8-7-17(13-21-18)26-9-3-2-4-19(26)27/h2-4,7-9,11-13,15-16H,5-6,10H2,1H3,(H,21,24)(H,22,23,25)/t15-,16-/m0/s1. The van der Waals surface area contributed by atoms with Gasteiger partial charge in [0, 0.05) is 36.7 Å². The number of hydrogen-bond acceptors (Lipinski definition) is 6. The normalized spacial score (nSPS) is 19.0. The number of aromatic nitrogens is 4. The average Bonchev–Trinajstić information content (AvgIpc) is 3.12. The second-order valence-electron chi connectivity index (χ2n) is 6.89. The highest BCUT2D eigenvalue weighted by Gasteiger charge is 2.25. The van der Waals surface area contributed by atoms with Crippen molar-refractivity contribution in [2.75, 3.05) is 10.6 Å². The van der Waals surface area contributed by atoms with Crippen molar-refractivity contribution in [1.29, 1.82) is 0 Å². The summed E-state index contributed by atoms with van der Waals surface area (Å²) in [4.78, 5) is 25.0. The molecule has 1 aliphatic rings. The molecule has 4 rings (SSSR count). The summed E-state index contributed by atoms with van der Waals surface area (Å²) in [7, 11) is 0. The highest BCUT2D eigenvalue weighted by atomic mass is 16.1. The molecule has 0 aromatic carbocycles. The Morgan fingerprint density at radius 3 is 2.44 bits per heavy atom. The smallest absolute Gasteiger partial charge is 0.255 e. The monoisotopic (exact) mass is 362 g/mol. The van der Waals surface area contributed by atoms with Gasteiger partial charge in [-0.2, -0.15) is 0 Å². The van der Waals surface area contributed by atoms with E-state index < -0.39 is 0 Å². The summed E-state index contributed by atoms with van der Waals surface area (Å²) in [5.41, 5.74) is 1.75. The van der Waals surface area contributed by atoms with E-state index in [0.29, 0.717) is 18.0 Å². The molecule has 0 aliphatic heterocycles. The van der Waals surface area contributed by atoms with Gasteiger partial charge in [0.15, 0.2) is 0 Å². The van der Waals surface area contributed by atoms with E-state index in [2.05, 4.69) is 25.6 Å². The number of anilines is 2. The molecule has 3 aromatic rings. The Bertz CT molecular complexity index is 951. The van der Waals surface area contributed by atoms with Gasteiger partial charge in [0.2, 0.25) is 5.95 Å². The molecule has 0 unspecified atom stereocenters. The first-order valence-corrected chi connectivity index (χ1v) is 9.13. The minimum absolute atomic E-state index is 0.0666. The van der Waals surface area contributed by atoms with E-state index in [1.165, 1.54) is 6.07 Å². The average molecular weight is 362 g/mol. The van der Waals surface area contributed by atoms with Gasteiger partial charge < -0.3 is 10.6 Å². The topological polar surface area (TPSA) is 84.7 Å². The van der Waals surface area contributed by atoms with Crippen LogP contribution >= 0.6 is 0 Å². The minimum Gasteiger partial charge on any atom is -0.367 e. The molecule has 2 atom stereocenters. The number of rotatable bonds is 5. The fourth-order valence-electron chi connectivity index (χ4n) is 3.36. The Labute approximate surface area is 157 Å². The van der Waals surface area contributed by atoms with Crippen molar-refractivity contribution in [2.45, 2.75) is 38.3 Å². The first kappa shape index (κ1) is 17.2. The maximum Gasteiger partial charge on any atom is 0.255 e. The van der Waals surface area contributed by atoms with Crippen molar-refractivity contribution < 1.29 is 0 Å². The Kier molecular flexibility index (Phi) is 4.82. The van der Waals surface area contributed by atoms with Crippen LogP contribution in [0.25, 0.3) is 5.69 Å². The fourth-order valence-corrected chi connectivity index (χ4v) is 3.36. The maximum atomic E-state index is 11.9. The van der Waals surface area contributed by atoms with Crippen LogP contribution in [0, 0.1) is 6.92 Å². The van der Waals surface area contributed by atoms with E-state index in [4.69, 9.17) is 0 Å². The lowest BCUT2D eigenvalue weighted by Crippen LogP contribution is -2.22. The summed E-state index contributed by atoms with van der Waals surface area (Å²) >= 11 is 0. The van der Waals surface area contributed by atoms with Gasteiger partial charge in [-0.15, -0.1) is 0 Å². The molecule has 138 valence electrons. The Morgan fingerprint density at radius 1 is 0.963 bits per heavy atom. The van der Waals surface area contributed by atoms with Crippen LogP contribution in [0.1, 0.15) is 24.8 Å². The van der Waals surface area contributed by atoms with Crippen molar-refractivity contribution in [3.8, 4) is 5.69 Å². The molecule has 0 amide bonds. The number of hydrogen-bond donors (Lipinski definition) is 2. The Balaban J connectivity index is 1.35. The number of nitrogens with one attached hydrogen (secondary N) is 2. The van der Waals surface area contributed by atoms with E-state index in [1.807, 2.05) is 37.5 Å². The van der Waals surface area contributed by atoms with Gasteiger partial charge in [0.05, 0.1) is 11.9 Å². The molecule has 3 heterocycles. The third-order valence-electron chi connectivity index (χ3n) is 4.75. The van der Waals surface area contributed by atoms with Crippen LogP contribution in [0.4, 0.5) is 11.8 Å². The molecule has 7 heteroatoms. The van der Waals surface area contributed by atoms with Gasteiger partial charge in [-0.25, -0.2) is 15.0 Å². The van der Waals surface area contributed by atoms with Crippen molar-refractivity contribution in [3.63, 3.8) is 0 Å². The minimum atomic E-state index is -0.0666. The quantitative estimate of drug-likeness (QED) is 0.726. The third-order valence-corrected chi connectivity index (χ3v) is 4.75. The summed E-state index contributed by atoms with van der Waals surface area (Å²) in [5, 5.41) is 6.88. The molecule has 0 saturated heterocycles. The lowest BCUT2D eigenvalue weighted by atomic mass is 10.2. The first-order valence-electron chi connectivity index (χ1n) is 9.13. The molecule has 3 aromatic heterocycles. The van der Waals surface area contributed by atoms with Gasteiger partial charge in [-0.1, -0.05) is 6.07 Å². The van der Waals surface area contributed by atoms with Crippen molar-refractivity contribution in [1.82, 2.24) is 19.5 Å². The molecule has 7 nitrogen and oxygen atoms in total. The van der Waals surface area contributed by atoms with Crippen LogP contribution in [0.3, 0.4) is 0 Å². The van der Waals surface area contributed by atoms with E-state index >= 15 is 0 Å². The summed E-state index contributed by atoms with van der Waals surface area (Å²) in [6.07, 6.45) is 10.2. The maximum absolute atomic E-state index is 11.9. The molecule has 27 heavy (non-hydrogen) atoms. The Hall–Kier alpha value is -3.22. The first-order chi connectivity index (χ1) is 13.2. The zero-order valence-electron chi connectivity index (χ0n) is 15.2. The van der Waals surface area contributed by atoms with Gasteiger partial charge in [0.25, 0.3) is 5.56 Å². The molecular formula is C20H22N6O. The summed E-state index contributed by atoms with van der Waals surface area (Å²) < 4.78 is 1.58. The number of nitrogens with zero attached hydrogens (tertiary/aromatic N) is 4. The lowest BCUT2D eigenvalue weighted by molar-refractivity contribution is 0.716. The van der Waals surface area contributed by atoms with Crippen LogP contribution in [0.15, 0.2) is 59.9 Å². The molecule has 2 N–H and O–H groups in total. The largest absolute Gasteiger partial charge is 0.367 e. The van der Waals surface area contributed by atoms with E-state index in [0.717, 1.165) is 36.3 Å². The summed E-state index contributed by atoms with van der Waals surface area (Å²) in [6.45, 7) is 1.98.